The van der Waals surface area contributed by atoms with Gasteiger partial charge in [-0.05, 0) is 33.9 Å². The molecule has 0 atom stereocenters. The Morgan fingerprint density at radius 1 is 1.26 bits per heavy atom. The van der Waals surface area contributed by atoms with Crippen LogP contribution in [0.2, 0.25) is 0 Å². The first-order valence-corrected chi connectivity index (χ1v) is 8.09. The van der Waals surface area contributed by atoms with Gasteiger partial charge in [-0.15, -0.1) is 0 Å². The second-order valence-corrected chi connectivity index (χ2v) is 6.13. The zero-order valence-corrected chi connectivity index (χ0v) is 14.1. The molecule has 0 aromatic heterocycles. The van der Waals surface area contributed by atoms with Crippen molar-refractivity contribution in [2.45, 2.75) is 19.8 Å². The van der Waals surface area contributed by atoms with E-state index in [1.54, 1.807) is 6.92 Å². The van der Waals surface area contributed by atoms with Gasteiger partial charge in [-0.25, -0.2) is 0 Å². The minimum atomic E-state index is -0.439. The van der Waals surface area contributed by atoms with Gasteiger partial charge in [0.05, 0.1) is 12.5 Å². The quantitative estimate of drug-likeness (QED) is 0.560. The minimum absolute atomic E-state index is 0.108. The molecule has 1 aromatic rings. The van der Waals surface area contributed by atoms with Gasteiger partial charge in [0.15, 0.2) is 0 Å². The fraction of sp³-hybridized carbons (Fsp3) is 0.688. The average molecular weight is 323 g/mol. The summed E-state index contributed by atoms with van der Waals surface area (Å²) in [6.07, 6.45) is 1.30. The van der Waals surface area contributed by atoms with Crippen molar-refractivity contribution in [2.75, 3.05) is 57.1 Å². The molecule has 0 bridgehead atoms. The molecule has 0 aliphatic carbocycles. The van der Waals surface area contributed by atoms with Crippen molar-refractivity contribution in [3.8, 4) is 0 Å². The number of nitrogens with zero attached hydrogens (tertiary/aromatic N) is 2. The Labute approximate surface area is 135 Å². The summed E-state index contributed by atoms with van der Waals surface area (Å²) in [5, 5.41) is 3.07. The number of rotatable bonds is 7. The van der Waals surface area contributed by atoms with Crippen LogP contribution in [0.15, 0.2) is 9.59 Å². The number of hydrogen-bond donors (Lipinski definition) is 1. The molecule has 1 N–H and O–H groups in total. The van der Waals surface area contributed by atoms with E-state index >= 15 is 0 Å². The van der Waals surface area contributed by atoms with Crippen LogP contribution in [0.1, 0.15) is 19.8 Å². The number of likely N-dealkylation sites (N-methyl/N-ethyl adjacent to an activating group) is 1. The first kappa shape index (κ1) is 17.5. The van der Waals surface area contributed by atoms with E-state index in [1.807, 2.05) is 23.9 Å². The summed E-state index contributed by atoms with van der Waals surface area (Å²) in [6, 6.07) is 0. The Morgan fingerprint density at radius 3 is 2.48 bits per heavy atom. The molecule has 2 rings (SSSR count). The number of anilines is 2. The summed E-state index contributed by atoms with van der Waals surface area (Å²) in [4.78, 5) is 39.3. The van der Waals surface area contributed by atoms with Crippen molar-refractivity contribution in [3.63, 3.8) is 0 Å². The smallest absolute Gasteiger partial charge is 0.309 e. The Bertz CT molecular complexity index is 611. The predicted octanol–water partition coefficient (Wildman–Crippen LogP) is 0.0356. The number of ether oxygens (including phenoxy) is 1. The molecule has 1 fully saturated rings. The highest BCUT2D eigenvalue weighted by molar-refractivity contribution is 5.76. The maximum atomic E-state index is 11.9. The lowest BCUT2D eigenvalue weighted by molar-refractivity contribution is -0.148. The van der Waals surface area contributed by atoms with Crippen molar-refractivity contribution in [2.24, 2.45) is 5.92 Å². The van der Waals surface area contributed by atoms with Crippen LogP contribution in [0, 0.1) is 5.92 Å². The number of hydrogen-bond acceptors (Lipinski definition) is 7. The van der Waals surface area contributed by atoms with E-state index < -0.39 is 10.9 Å². The summed E-state index contributed by atoms with van der Waals surface area (Å²) >= 11 is 0. The molecule has 1 aliphatic heterocycles. The van der Waals surface area contributed by atoms with Gasteiger partial charge < -0.3 is 19.9 Å². The molecule has 7 heteroatoms. The fourth-order valence-corrected chi connectivity index (χ4v) is 2.85. The second kappa shape index (κ2) is 7.59. The van der Waals surface area contributed by atoms with Gasteiger partial charge in [-0.2, -0.15) is 0 Å². The molecule has 0 radical (unpaired) electrons. The molecule has 23 heavy (non-hydrogen) atoms. The van der Waals surface area contributed by atoms with Crippen molar-refractivity contribution in [1.82, 2.24) is 4.90 Å². The molecule has 0 spiro atoms. The zero-order chi connectivity index (χ0) is 17.0. The largest absolute Gasteiger partial charge is 0.466 e. The summed E-state index contributed by atoms with van der Waals surface area (Å²) < 4.78 is 5.04. The summed E-state index contributed by atoms with van der Waals surface area (Å²) in [5.41, 5.74) is 0.0423. The Kier molecular flexibility index (Phi) is 5.76. The summed E-state index contributed by atoms with van der Waals surface area (Å²) in [5.74, 6) is -0.274. The third-order valence-electron chi connectivity index (χ3n) is 4.18. The van der Waals surface area contributed by atoms with Crippen molar-refractivity contribution < 1.29 is 9.53 Å². The number of carbonyl (C=O) groups excluding carboxylic acids is 1. The van der Waals surface area contributed by atoms with Crippen LogP contribution in [-0.4, -0.2) is 57.8 Å². The van der Waals surface area contributed by atoms with Gasteiger partial charge in [0.1, 0.15) is 11.4 Å². The fourth-order valence-electron chi connectivity index (χ4n) is 2.85. The molecule has 0 saturated carbocycles. The number of carbonyl (C=O) groups is 1. The van der Waals surface area contributed by atoms with Gasteiger partial charge in [-0.3, -0.25) is 14.4 Å². The van der Waals surface area contributed by atoms with Gasteiger partial charge in [0.25, 0.3) is 10.9 Å². The van der Waals surface area contributed by atoms with Crippen molar-refractivity contribution in [1.29, 1.82) is 0 Å². The third kappa shape index (κ3) is 3.90. The van der Waals surface area contributed by atoms with E-state index in [0.29, 0.717) is 50.5 Å². The lowest BCUT2D eigenvalue weighted by Crippen LogP contribution is -2.46. The molecule has 1 heterocycles. The molecule has 1 aliphatic rings. The molecule has 1 aromatic carbocycles. The van der Waals surface area contributed by atoms with Crippen LogP contribution in [-0.2, 0) is 9.53 Å². The number of piperidine rings is 1. The van der Waals surface area contributed by atoms with E-state index in [-0.39, 0.29) is 11.9 Å². The first-order chi connectivity index (χ1) is 11.0. The molecule has 128 valence electrons. The summed E-state index contributed by atoms with van der Waals surface area (Å²) in [6.45, 7) is 4.76. The Balaban J connectivity index is 1.96. The van der Waals surface area contributed by atoms with E-state index in [0.717, 1.165) is 6.54 Å². The maximum Gasteiger partial charge on any atom is 0.309 e. The monoisotopic (exact) mass is 323 g/mol. The van der Waals surface area contributed by atoms with Gasteiger partial charge in [0.2, 0.25) is 0 Å². The minimum Gasteiger partial charge on any atom is -0.466 e. The normalized spacial score (nSPS) is 16.1. The topological polar surface area (TPSA) is 79.0 Å². The molecule has 7 nitrogen and oxygen atoms in total. The van der Waals surface area contributed by atoms with Crippen molar-refractivity contribution in [3.05, 3.63) is 20.4 Å². The van der Waals surface area contributed by atoms with E-state index in [2.05, 4.69) is 5.32 Å². The average Bonchev–Trinajstić information content (AvgIpc) is 2.54. The summed E-state index contributed by atoms with van der Waals surface area (Å²) in [7, 11) is 3.90. The first-order valence-electron chi connectivity index (χ1n) is 8.09. The SMILES string of the molecule is CCOC(=O)C1CCN(c2c(NCCN(C)C)c(=O)c2=O)CC1. The molecule has 1 saturated heterocycles. The van der Waals surface area contributed by atoms with Gasteiger partial charge in [-0.1, -0.05) is 0 Å². The van der Waals surface area contributed by atoms with E-state index in [4.69, 9.17) is 4.74 Å². The molecule has 0 amide bonds. The zero-order valence-electron chi connectivity index (χ0n) is 14.1. The van der Waals surface area contributed by atoms with Crippen molar-refractivity contribution >= 4 is 17.3 Å². The number of nitrogens with one attached hydrogen (secondary N) is 1. The lowest BCUT2D eigenvalue weighted by Gasteiger charge is -2.34. The highest BCUT2D eigenvalue weighted by atomic mass is 16.5. The van der Waals surface area contributed by atoms with Crippen LogP contribution < -0.4 is 21.1 Å². The second-order valence-electron chi connectivity index (χ2n) is 6.13. The van der Waals surface area contributed by atoms with Crippen LogP contribution in [0.25, 0.3) is 0 Å². The number of esters is 1. The maximum absolute atomic E-state index is 11.9. The van der Waals surface area contributed by atoms with Crippen LogP contribution in [0.5, 0.6) is 0 Å². The van der Waals surface area contributed by atoms with Crippen LogP contribution >= 0.6 is 0 Å². The Morgan fingerprint density at radius 2 is 1.91 bits per heavy atom. The predicted molar refractivity (Wildman–Crippen MR) is 90.0 cm³/mol. The highest BCUT2D eigenvalue weighted by Gasteiger charge is 2.31. The van der Waals surface area contributed by atoms with Crippen LogP contribution in [0.4, 0.5) is 11.4 Å². The Hall–Kier alpha value is -1.89. The van der Waals surface area contributed by atoms with Crippen LogP contribution in [0.3, 0.4) is 0 Å². The molecular weight excluding hydrogens is 298 g/mol. The van der Waals surface area contributed by atoms with E-state index in [9.17, 15) is 14.4 Å². The lowest BCUT2D eigenvalue weighted by atomic mass is 9.96. The standard InChI is InChI=1S/C16H25N3O4/c1-4-23-16(22)11-5-8-19(9-6-11)13-12(14(20)15(13)21)17-7-10-18(2)3/h11,17H,4-10H2,1-3H3. The highest BCUT2D eigenvalue weighted by Crippen LogP contribution is 2.26. The van der Waals surface area contributed by atoms with Gasteiger partial charge >= 0.3 is 5.97 Å². The molecule has 0 unspecified atom stereocenters. The third-order valence-corrected chi connectivity index (χ3v) is 4.18. The van der Waals surface area contributed by atoms with Gasteiger partial charge in [0, 0.05) is 26.2 Å². The molecular formula is C16H25N3O4. The van der Waals surface area contributed by atoms with E-state index in [1.165, 1.54) is 0 Å².